The maximum atomic E-state index is 12.0. The van der Waals surface area contributed by atoms with E-state index in [2.05, 4.69) is 25.9 Å². The van der Waals surface area contributed by atoms with Crippen LogP contribution in [0.1, 0.15) is 46.5 Å². The number of esters is 1. The van der Waals surface area contributed by atoms with Gasteiger partial charge in [-0.2, -0.15) is 0 Å². The van der Waals surface area contributed by atoms with Gasteiger partial charge in [-0.1, -0.05) is 0 Å². The third-order valence-corrected chi connectivity index (χ3v) is 3.69. The number of ether oxygens (including phenoxy) is 2. The minimum absolute atomic E-state index is 0.0186. The van der Waals surface area contributed by atoms with Crippen molar-refractivity contribution in [2.24, 2.45) is 5.92 Å². The van der Waals surface area contributed by atoms with E-state index >= 15 is 0 Å². The zero-order valence-corrected chi connectivity index (χ0v) is 14.2. The van der Waals surface area contributed by atoms with Crippen molar-refractivity contribution in [2.75, 3.05) is 0 Å². The predicted molar refractivity (Wildman–Crippen MR) is 82.0 cm³/mol. The van der Waals surface area contributed by atoms with Gasteiger partial charge in [-0.3, -0.25) is 4.79 Å². The van der Waals surface area contributed by atoms with Crippen molar-refractivity contribution in [3.8, 4) is 6.01 Å². The maximum Gasteiger partial charge on any atom is 0.316 e. The smallest absolute Gasteiger partial charge is 0.316 e. The molecule has 1 aliphatic carbocycles. The van der Waals surface area contributed by atoms with E-state index in [4.69, 9.17) is 9.47 Å². The Morgan fingerprint density at radius 1 is 1.19 bits per heavy atom. The molecule has 0 aromatic carbocycles. The van der Waals surface area contributed by atoms with Gasteiger partial charge in [-0.15, -0.1) is 0 Å². The summed E-state index contributed by atoms with van der Waals surface area (Å²) in [5, 5.41) is 0. The number of carbonyl (C=O) groups excluding carboxylic acids is 1. The highest BCUT2D eigenvalue weighted by molar-refractivity contribution is 9.10. The first-order valence-corrected chi connectivity index (χ1v) is 8.00. The predicted octanol–water partition coefficient (Wildman–Crippen LogP) is 3.52. The molecule has 21 heavy (non-hydrogen) atoms. The molecule has 0 amide bonds. The lowest BCUT2D eigenvalue weighted by Gasteiger charge is -2.29. The molecule has 0 atom stereocenters. The highest BCUT2D eigenvalue weighted by Crippen LogP contribution is 2.28. The first kappa shape index (κ1) is 16.2. The number of halogens is 1. The standard InChI is InChI=1S/C15H21BrN2O3/c1-15(2,3)21-13(19)10-4-6-12(7-5-10)20-14-17-8-11(16)9-18-14/h8-10,12H,4-7H2,1-3H3. The lowest BCUT2D eigenvalue weighted by atomic mass is 9.87. The monoisotopic (exact) mass is 356 g/mol. The first-order valence-electron chi connectivity index (χ1n) is 7.20. The van der Waals surface area contributed by atoms with Gasteiger partial charge in [0.15, 0.2) is 0 Å². The average molecular weight is 357 g/mol. The third-order valence-electron chi connectivity index (χ3n) is 3.28. The van der Waals surface area contributed by atoms with Crippen LogP contribution in [0, 0.1) is 5.92 Å². The van der Waals surface area contributed by atoms with Crippen molar-refractivity contribution in [1.29, 1.82) is 0 Å². The van der Waals surface area contributed by atoms with Crippen LogP contribution in [-0.2, 0) is 9.53 Å². The summed E-state index contributed by atoms with van der Waals surface area (Å²) in [6, 6.07) is 0.388. The van der Waals surface area contributed by atoms with Gasteiger partial charge < -0.3 is 9.47 Å². The fraction of sp³-hybridized carbons (Fsp3) is 0.667. The van der Waals surface area contributed by atoms with Crippen molar-refractivity contribution in [3.05, 3.63) is 16.9 Å². The summed E-state index contributed by atoms with van der Waals surface area (Å²) in [5.41, 5.74) is -0.421. The van der Waals surface area contributed by atoms with Crippen LogP contribution in [0.3, 0.4) is 0 Å². The second-order valence-electron chi connectivity index (χ2n) is 6.31. The molecule has 5 nitrogen and oxygen atoms in total. The Kier molecular flexibility index (Phi) is 5.19. The van der Waals surface area contributed by atoms with E-state index in [1.165, 1.54) is 0 Å². The largest absolute Gasteiger partial charge is 0.460 e. The summed E-state index contributed by atoms with van der Waals surface area (Å²) in [5.74, 6) is -0.115. The summed E-state index contributed by atoms with van der Waals surface area (Å²) in [6.07, 6.45) is 6.62. The second-order valence-corrected chi connectivity index (χ2v) is 7.22. The van der Waals surface area contributed by atoms with Crippen molar-refractivity contribution in [1.82, 2.24) is 9.97 Å². The average Bonchev–Trinajstić information content (AvgIpc) is 2.40. The molecule has 1 aromatic heterocycles. The van der Waals surface area contributed by atoms with Crippen LogP contribution in [0.25, 0.3) is 0 Å². The molecule has 0 saturated heterocycles. The number of aromatic nitrogens is 2. The molecule has 0 spiro atoms. The van der Waals surface area contributed by atoms with Crippen molar-refractivity contribution >= 4 is 21.9 Å². The third kappa shape index (κ3) is 5.26. The van der Waals surface area contributed by atoms with Crippen molar-refractivity contribution in [2.45, 2.75) is 58.2 Å². The Morgan fingerprint density at radius 3 is 2.29 bits per heavy atom. The van der Waals surface area contributed by atoms with Crippen LogP contribution < -0.4 is 4.74 Å². The van der Waals surface area contributed by atoms with Crippen molar-refractivity contribution < 1.29 is 14.3 Å². The Labute approximate surface area is 133 Å². The number of hydrogen-bond acceptors (Lipinski definition) is 5. The number of carbonyl (C=O) groups is 1. The number of hydrogen-bond donors (Lipinski definition) is 0. The summed E-state index contributed by atoms with van der Waals surface area (Å²) >= 11 is 3.29. The lowest BCUT2D eigenvalue weighted by Crippen LogP contribution is -2.33. The van der Waals surface area contributed by atoms with E-state index in [9.17, 15) is 4.79 Å². The van der Waals surface area contributed by atoms with Crippen LogP contribution >= 0.6 is 15.9 Å². The molecule has 2 rings (SSSR count). The molecule has 0 aliphatic heterocycles. The summed E-state index contributed by atoms with van der Waals surface area (Å²) in [7, 11) is 0. The van der Waals surface area contributed by atoms with Gasteiger partial charge in [0.25, 0.3) is 0 Å². The maximum absolute atomic E-state index is 12.0. The summed E-state index contributed by atoms with van der Waals surface area (Å²) in [6.45, 7) is 5.68. The fourth-order valence-corrected chi connectivity index (χ4v) is 2.52. The topological polar surface area (TPSA) is 61.3 Å². The molecule has 1 fully saturated rings. The fourth-order valence-electron chi connectivity index (χ4n) is 2.31. The SMILES string of the molecule is CC(C)(C)OC(=O)C1CCC(Oc2ncc(Br)cn2)CC1. The Morgan fingerprint density at radius 2 is 1.76 bits per heavy atom. The minimum Gasteiger partial charge on any atom is -0.460 e. The van der Waals surface area contributed by atoms with E-state index in [1.54, 1.807) is 12.4 Å². The molecule has 116 valence electrons. The van der Waals surface area contributed by atoms with Crippen molar-refractivity contribution in [3.63, 3.8) is 0 Å². The first-order chi connectivity index (χ1) is 9.83. The zero-order valence-electron chi connectivity index (χ0n) is 12.6. The lowest BCUT2D eigenvalue weighted by molar-refractivity contribution is -0.161. The van der Waals surface area contributed by atoms with Gasteiger partial charge in [0.05, 0.1) is 10.4 Å². The summed E-state index contributed by atoms with van der Waals surface area (Å²) < 4.78 is 12.0. The second kappa shape index (κ2) is 6.73. The number of nitrogens with zero attached hydrogens (tertiary/aromatic N) is 2. The van der Waals surface area contributed by atoms with Gasteiger partial charge in [-0.05, 0) is 62.4 Å². The molecule has 0 unspecified atom stereocenters. The van der Waals surface area contributed by atoms with Gasteiger partial charge in [0.1, 0.15) is 11.7 Å². The molecule has 1 heterocycles. The molecule has 1 saturated carbocycles. The van der Waals surface area contributed by atoms with Crippen LogP contribution in [0.4, 0.5) is 0 Å². The van der Waals surface area contributed by atoms with E-state index in [0.29, 0.717) is 6.01 Å². The highest BCUT2D eigenvalue weighted by atomic mass is 79.9. The molecule has 0 bridgehead atoms. The Balaban J connectivity index is 1.80. The quantitative estimate of drug-likeness (QED) is 0.775. The van der Waals surface area contributed by atoms with Gasteiger partial charge in [0, 0.05) is 12.4 Å². The normalized spacial score (nSPS) is 22.7. The summed E-state index contributed by atoms with van der Waals surface area (Å²) in [4.78, 5) is 20.2. The van der Waals surface area contributed by atoms with E-state index < -0.39 is 5.60 Å². The number of rotatable bonds is 3. The van der Waals surface area contributed by atoms with E-state index in [-0.39, 0.29) is 18.0 Å². The van der Waals surface area contributed by atoms with Crippen LogP contribution in [-0.4, -0.2) is 27.6 Å². The molecule has 1 aliphatic rings. The molecule has 0 radical (unpaired) electrons. The molecule has 0 N–H and O–H groups in total. The molecule has 1 aromatic rings. The molecule has 6 heteroatoms. The van der Waals surface area contributed by atoms with Crippen LogP contribution in [0.15, 0.2) is 16.9 Å². The zero-order chi connectivity index (χ0) is 15.5. The van der Waals surface area contributed by atoms with Gasteiger partial charge >= 0.3 is 12.0 Å². The Hall–Kier alpha value is -1.17. The van der Waals surface area contributed by atoms with Crippen LogP contribution in [0.2, 0.25) is 0 Å². The molecular weight excluding hydrogens is 336 g/mol. The van der Waals surface area contributed by atoms with Gasteiger partial charge in [-0.25, -0.2) is 9.97 Å². The molecular formula is C15H21BrN2O3. The van der Waals surface area contributed by atoms with Crippen LogP contribution in [0.5, 0.6) is 6.01 Å². The minimum atomic E-state index is -0.421. The highest BCUT2D eigenvalue weighted by Gasteiger charge is 2.30. The Bertz CT molecular complexity index is 477. The van der Waals surface area contributed by atoms with E-state index in [0.717, 1.165) is 30.2 Å². The van der Waals surface area contributed by atoms with E-state index in [1.807, 2.05) is 20.8 Å². The van der Waals surface area contributed by atoms with Gasteiger partial charge in [0.2, 0.25) is 0 Å².